The maximum atomic E-state index is 13.1. The van der Waals surface area contributed by atoms with Crippen LogP contribution in [0.4, 0.5) is 4.39 Å². The van der Waals surface area contributed by atoms with Gasteiger partial charge in [0, 0.05) is 36.3 Å². The summed E-state index contributed by atoms with van der Waals surface area (Å²) in [5.41, 5.74) is 1.21. The highest BCUT2D eigenvalue weighted by Crippen LogP contribution is 2.15. The zero-order valence-corrected chi connectivity index (χ0v) is 12.3. The summed E-state index contributed by atoms with van der Waals surface area (Å²) in [6.07, 6.45) is 0. The average molecular weight is 348 g/mol. The van der Waals surface area contributed by atoms with Gasteiger partial charge in [-0.3, -0.25) is 4.90 Å². The number of nitrogens with zero attached hydrogens (tertiary/aromatic N) is 2. The summed E-state index contributed by atoms with van der Waals surface area (Å²) < 4.78 is 13.9. The van der Waals surface area contributed by atoms with E-state index in [1.165, 1.54) is 5.56 Å². The van der Waals surface area contributed by atoms with Gasteiger partial charge in [0.2, 0.25) is 0 Å². The van der Waals surface area contributed by atoms with Crippen molar-refractivity contribution in [3.63, 3.8) is 0 Å². The molecule has 2 nitrogen and oxygen atoms in total. The summed E-state index contributed by atoms with van der Waals surface area (Å²) in [7, 11) is 0. The molecule has 1 aliphatic rings. The smallest absolute Gasteiger partial charge is 0.136 e. The summed E-state index contributed by atoms with van der Waals surface area (Å²) >= 11 is 2.05. The third kappa shape index (κ3) is 3.63. The number of halogens is 2. The Bertz CT molecular complexity index is 376. The summed E-state index contributed by atoms with van der Waals surface area (Å²) in [5, 5.41) is 0. The number of benzene rings is 1. The van der Waals surface area contributed by atoms with Crippen LogP contribution in [0.1, 0.15) is 12.5 Å². The fraction of sp³-hybridized carbons (Fsp3) is 0.538. The molecule has 0 aromatic heterocycles. The molecule has 17 heavy (non-hydrogen) atoms. The number of piperazine rings is 1. The zero-order chi connectivity index (χ0) is 12.3. The molecule has 2 rings (SSSR count). The molecule has 0 saturated carbocycles. The Kier molecular flexibility index (Phi) is 4.76. The van der Waals surface area contributed by atoms with E-state index in [2.05, 4.69) is 39.3 Å². The van der Waals surface area contributed by atoms with Crippen molar-refractivity contribution in [1.82, 2.24) is 9.80 Å². The van der Waals surface area contributed by atoms with E-state index >= 15 is 0 Å². The fourth-order valence-electron chi connectivity index (χ4n) is 2.16. The van der Waals surface area contributed by atoms with Crippen LogP contribution in [0.2, 0.25) is 0 Å². The first-order chi connectivity index (χ1) is 8.19. The van der Waals surface area contributed by atoms with Crippen LogP contribution in [-0.4, -0.2) is 42.5 Å². The fourth-order valence-corrected chi connectivity index (χ4v) is 2.74. The largest absolute Gasteiger partial charge is 0.301 e. The first-order valence-electron chi connectivity index (χ1n) is 6.07. The number of likely N-dealkylation sites (N-methyl/N-ethyl adjacent to an activating group) is 1. The van der Waals surface area contributed by atoms with Crippen molar-refractivity contribution in [2.45, 2.75) is 13.5 Å². The maximum absolute atomic E-state index is 13.1. The molecule has 1 saturated heterocycles. The Morgan fingerprint density at radius 2 is 1.82 bits per heavy atom. The monoisotopic (exact) mass is 348 g/mol. The molecule has 1 heterocycles. The normalized spacial score (nSPS) is 18.5. The van der Waals surface area contributed by atoms with Crippen molar-refractivity contribution in [1.29, 1.82) is 0 Å². The molecule has 0 spiro atoms. The molecular weight excluding hydrogens is 330 g/mol. The lowest BCUT2D eigenvalue weighted by Crippen LogP contribution is -2.45. The number of hydrogen-bond acceptors (Lipinski definition) is 2. The predicted molar refractivity (Wildman–Crippen MR) is 76.5 cm³/mol. The molecule has 4 heteroatoms. The standard InChI is InChI=1S/C13H18FIN2/c1-2-16-5-7-17(8-6-16)10-11-3-4-12(14)13(15)9-11/h3-4,9H,2,5-8,10H2,1H3. The molecule has 0 bridgehead atoms. The molecule has 0 unspecified atom stereocenters. The molecule has 0 N–H and O–H groups in total. The van der Waals surface area contributed by atoms with E-state index in [4.69, 9.17) is 0 Å². The van der Waals surface area contributed by atoms with E-state index in [-0.39, 0.29) is 5.82 Å². The molecule has 94 valence electrons. The highest BCUT2D eigenvalue weighted by Gasteiger charge is 2.15. The van der Waals surface area contributed by atoms with E-state index in [1.54, 1.807) is 6.07 Å². The molecule has 0 atom stereocenters. The van der Waals surface area contributed by atoms with Gasteiger partial charge < -0.3 is 4.90 Å². The summed E-state index contributed by atoms with van der Waals surface area (Å²) in [6, 6.07) is 5.41. The molecular formula is C13H18FIN2. The lowest BCUT2D eigenvalue weighted by atomic mass is 10.2. The second kappa shape index (κ2) is 6.11. The van der Waals surface area contributed by atoms with Gasteiger partial charge in [-0.05, 0) is 46.8 Å². The summed E-state index contributed by atoms with van der Waals surface area (Å²) in [5.74, 6) is -0.120. The first kappa shape index (κ1) is 13.2. The van der Waals surface area contributed by atoms with Gasteiger partial charge in [0.15, 0.2) is 0 Å². The van der Waals surface area contributed by atoms with Crippen molar-refractivity contribution in [2.24, 2.45) is 0 Å². The van der Waals surface area contributed by atoms with Gasteiger partial charge in [0.25, 0.3) is 0 Å². The third-order valence-corrected chi connectivity index (χ3v) is 4.13. The van der Waals surface area contributed by atoms with Crippen molar-refractivity contribution >= 4 is 22.6 Å². The molecule has 0 radical (unpaired) electrons. The van der Waals surface area contributed by atoms with Gasteiger partial charge in [-0.25, -0.2) is 4.39 Å². The second-order valence-corrected chi connectivity index (χ2v) is 5.62. The highest BCUT2D eigenvalue weighted by atomic mass is 127. The topological polar surface area (TPSA) is 6.48 Å². The quantitative estimate of drug-likeness (QED) is 0.775. The molecule has 0 amide bonds. The van der Waals surface area contributed by atoms with Crippen molar-refractivity contribution in [3.8, 4) is 0 Å². The van der Waals surface area contributed by atoms with Crippen LogP contribution in [0.5, 0.6) is 0 Å². The van der Waals surface area contributed by atoms with Crippen LogP contribution in [0.25, 0.3) is 0 Å². The lowest BCUT2D eigenvalue weighted by molar-refractivity contribution is 0.132. The van der Waals surface area contributed by atoms with Crippen LogP contribution in [0.3, 0.4) is 0 Å². The molecule has 1 aromatic carbocycles. The van der Waals surface area contributed by atoms with Gasteiger partial charge in [0.1, 0.15) is 5.82 Å². The minimum absolute atomic E-state index is 0.120. The van der Waals surface area contributed by atoms with E-state index in [1.807, 2.05) is 12.1 Å². The second-order valence-electron chi connectivity index (χ2n) is 4.46. The van der Waals surface area contributed by atoms with Gasteiger partial charge in [-0.1, -0.05) is 13.0 Å². The van der Waals surface area contributed by atoms with E-state index in [0.717, 1.165) is 39.3 Å². The summed E-state index contributed by atoms with van der Waals surface area (Å²) in [6.45, 7) is 8.81. The van der Waals surface area contributed by atoms with Gasteiger partial charge in [-0.15, -0.1) is 0 Å². The molecule has 1 aromatic rings. The Hall–Kier alpha value is -0.200. The Morgan fingerprint density at radius 1 is 1.18 bits per heavy atom. The third-order valence-electron chi connectivity index (χ3n) is 3.30. The van der Waals surface area contributed by atoms with Crippen molar-refractivity contribution in [3.05, 3.63) is 33.1 Å². The van der Waals surface area contributed by atoms with Gasteiger partial charge in [-0.2, -0.15) is 0 Å². The minimum Gasteiger partial charge on any atom is -0.301 e. The van der Waals surface area contributed by atoms with Gasteiger partial charge >= 0.3 is 0 Å². The Morgan fingerprint density at radius 3 is 2.41 bits per heavy atom. The van der Waals surface area contributed by atoms with Crippen molar-refractivity contribution in [2.75, 3.05) is 32.7 Å². The number of hydrogen-bond donors (Lipinski definition) is 0. The van der Waals surface area contributed by atoms with Crippen LogP contribution < -0.4 is 0 Å². The molecule has 1 aliphatic heterocycles. The van der Waals surface area contributed by atoms with Crippen LogP contribution in [0, 0.1) is 9.39 Å². The SMILES string of the molecule is CCN1CCN(Cc2ccc(F)c(I)c2)CC1. The molecule has 1 fully saturated rings. The minimum atomic E-state index is -0.120. The van der Waals surface area contributed by atoms with Crippen LogP contribution in [-0.2, 0) is 6.54 Å². The summed E-state index contributed by atoms with van der Waals surface area (Å²) in [4.78, 5) is 4.90. The van der Waals surface area contributed by atoms with Gasteiger partial charge in [0.05, 0.1) is 0 Å². The van der Waals surface area contributed by atoms with Crippen molar-refractivity contribution < 1.29 is 4.39 Å². The van der Waals surface area contributed by atoms with Crippen LogP contribution in [0.15, 0.2) is 18.2 Å². The first-order valence-corrected chi connectivity index (χ1v) is 7.15. The van der Waals surface area contributed by atoms with E-state index in [0.29, 0.717) is 3.57 Å². The lowest BCUT2D eigenvalue weighted by Gasteiger charge is -2.34. The molecule has 0 aliphatic carbocycles. The average Bonchev–Trinajstić information content (AvgIpc) is 2.35. The maximum Gasteiger partial charge on any atom is 0.136 e. The van der Waals surface area contributed by atoms with Crippen LogP contribution >= 0.6 is 22.6 Å². The van der Waals surface area contributed by atoms with E-state index < -0.39 is 0 Å². The zero-order valence-electron chi connectivity index (χ0n) is 10.1. The van der Waals surface area contributed by atoms with E-state index in [9.17, 15) is 4.39 Å². The highest BCUT2D eigenvalue weighted by molar-refractivity contribution is 14.1. The Labute approximate surface area is 116 Å². The predicted octanol–water partition coefficient (Wildman–Crippen LogP) is 2.57. The number of rotatable bonds is 3. The Balaban J connectivity index is 1.91.